The van der Waals surface area contributed by atoms with Gasteiger partial charge in [0.2, 0.25) is 17.7 Å². The molecule has 0 radical (unpaired) electrons. The molecule has 3 heterocycles. The van der Waals surface area contributed by atoms with E-state index in [1.54, 1.807) is 0 Å². The van der Waals surface area contributed by atoms with Crippen molar-refractivity contribution < 1.29 is 14.4 Å². The van der Waals surface area contributed by atoms with Gasteiger partial charge in [-0.2, -0.15) is 0 Å². The van der Waals surface area contributed by atoms with Crippen LogP contribution in [-0.2, 0) is 14.4 Å². The molecule has 1 aliphatic carbocycles. The maximum Gasteiger partial charge on any atom is 0.233 e. The molecule has 29 heavy (non-hydrogen) atoms. The molecule has 3 fully saturated rings. The number of rotatable bonds is 4. The minimum absolute atomic E-state index is 0.0107. The number of amides is 3. The van der Waals surface area contributed by atoms with E-state index in [2.05, 4.69) is 9.97 Å². The lowest BCUT2D eigenvalue weighted by atomic mass is 9.81. The highest BCUT2D eigenvalue weighted by atomic mass is 16.2. The van der Waals surface area contributed by atoms with E-state index in [1.165, 1.54) is 4.90 Å². The fraction of sp³-hybridized carbons (Fsp3) is 0.545. The number of fused-ring (bicyclic) bond motifs is 2. The molecule has 7 heteroatoms. The van der Waals surface area contributed by atoms with E-state index in [0.29, 0.717) is 6.54 Å². The molecule has 2 aliphatic heterocycles. The van der Waals surface area contributed by atoms with Crippen LogP contribution in [0.4, 0.5) is 0 Å². The van der Waals surface area contributed by atoms with Gasteiger partial charge < -0.3 is 9.88 Å². The SMILES string of the molecule is O=C1[C@H]2CCCC[C@H]2C(=O)N1CCC(=O)N1CCC[C@@H]1c1nc2ccccc2[nH]1. The monoisotopic (exact) mass is 394 g/mol. The minimum Gasteiger partial charge on any atom is -0.340 e. The van der Waals surface area contributed by atoms with Gasteiger partial charge in [-0.15, -0.1) is 0 Å². The molecule has 1 saturated carbocycles. The number of imidazole rings is 1. The highest BCUT2D eigenvalue weighted by Gasteiger charge is 2.48. The molecule has 0 unspecified atom stereocenters. The van der Waals surface area contributed by atoms with Gasteiger partial charge in [0, 0.05) is 19.5 Å². The van der Waals surface area contributed by atoms with Gasteiger partial charge in [0.15, 0.2) is 0 Å². The lowest BCUT2D eigenvalue weighted by molar-refractivity contribution is -0.141. The average molecular weight is 394 g/mol. The van der Waals surface area contributed by atoms with Gasteiger partial charge in [0.1, 0.15) is 5.82 Å². The molecule has 3 amide bonds. The van der Waals surface area contributed by atoms with Crippen LogP contribution < -0.4 is 0 Å². The first-order valence-corrected chi connectivity index (χ1v) is 10.7. The van der Waals surface area contributed by atoms with E-state index in [0.717, 1.165) is 55.4 Å². The van der Waals surface area contributed by atoms with E-state index in [4.69, 9.17) is 0 Å². The number of benzene rings is 1. The van der Waals surface area contributed by atoms with Crippen molar-refractivity contribution in [2.45, 2.75) is 51.0 Å². The second kappa shape index (κ2) is 7.28. The molecule has 2 saturated heterocycles. The number of carbonyl (C=O) groups excluding carboxylic acids is 3. The summed E-state index contributed by atoms with van der Waals surface area (Å²) in [5.41, 5.74) is 1.87. The van der Waals surface area contributed by atoms with E-state index in [9.17, 15) is 14.4 Å². The van der Waals surface area contributed by atoms with E-state index >= 15 is 0 Å². The van der Waals surface area contributed by atoms with Gasteiger partial charge in [0.05, 0.1) is 28.9 Å². The number of imide groups is 1. The van der Waals surface area contributed by atoms with Crippen molar-refractivity contribution in [3.8, 4) is 0 Å². The Bertz CT molecular complexity index is 911. The number of para-hydroxylation sites is 2. The number of likely N-dealkylation sites (tertiary alicyclic amines) is 2. The van der Waals surface area contributed by atoms with E-state index in [-0.39, 0.29) is 48.6 Å². The Morgan fingerprint density at radius 3 is 2.48 bits per heavy atom. The fourth-order valence-corrected chi connectivity index (χ4v) is 5.28. The second-order valence-electron chi connectivity index (χ2n) is 8.46. The number of hydrogen-bond acceptors (Lipinski definition) is 4. The Kier molecular flexibility index (Phi) is 4.60. The third kappa shape index (κ3) is 3.12. The molecule has 152 valence electrons. The second-order valence-corrected chi connectivity index (χ2v) is 8.46. The largest absolute Gasteiger partial charge is 0.340 e. The van der Waals surface area contributed by atoms with Gasteiger partial charge in [-0.25, -0.2) is 4.98 Å². The summed E-state index contributed by atoms with van der Waals surface area (Å²) in [7, 11) is 0. The molecule has 1 aromatic carbocycles. The molecule has 2 aromatic rings. The zero-order chi connectivity index (χ0) is 20.0. The normalized spacial score (nSPS) is 27.1. The van der Waals surface area contributed by atoms with Crippen molar-refractivity contribution in [1.82, 2.24) is 19.8 Å². The summed E-state index contributed by atoms with van der Waals surface area (Å²) in [4.78, 5) is 49.5. The predicted octanol–water partition coefficient (Wildman–Crippen LogP) is 2.79. The molecule has 7 nitrogen and oxygen atoms in total. The van der Waals surface area contributed by atoms with Crippen LogP contribution in [0, 0.1) is 11.8 Å². The first-order valence-electron chi connectivity index (χ1n) is 10.7. The van der Waals surface area contributed by atoms with Crippen LogP contribution in [0.5, 0.6) is 0 Å². The smallest absolute Gasteiger partial charge is 0.233 e. The number of nitrogens with zero attached hydrogens (tertiary/aromatic N) is 3. The summed E-state index contributed by atoms with van der Waals surface area (Å²) in [6, 6.07) is 7.79. The molecule has 1 aromatic heterocycles. The molecule has 5 rings (SSSR count). The molecule has 3 aliphatic rings. The van der Waals surface area contributed by atoms with Crippen molar-refractivity contribution >= 4 is 28.8 Å². The van der Waals surface area contributed by atoms with Crippen LogP contribution >= 0.6 is 0 Å². The Labute approximate surface area is 169 Å². The third-order valence-electron chi connectivity index (χ3n) is 6.78. The van der Waals surface area contributed by atoms with Crippen molar-refractivity contribution in [3.05, 3.63) is 30.1 Å². The fourth-order valence-electron chi connectivity index (χ4n) is 5.28. The predicted molar refractivity (Wildman–Crippen MR) is 107 cm³/mol. The summed E-state index contributed by atoms with van der Waals surface area (Å²) in [6.07, 6.45) is 5.63. The quantitative estimate of drug-likeness (QED) is 0.808. The van der Waals surface area contributed by atoms with Crippen molar-refractivity contribution in [2.75, 3.05) is 13.1 Å². The number of nitrogens with one attached hydrogen (secondary N) is 1. The van der Waals surface area contributed by atoms with Gasteiger partial charge in [0.25, 0.3) is 0 Å². The van der Waals surface area contributed by atoms with Crippen molar-refractivity contribution in [3.63, 3.8) is 0 Å². The highest BCUT2D eigenvalue weighted by Crippen LogP contribution is 2.38. The van der Waals surface area contributed by atoms with E-state index in [1.807, 2.05) is 29.2 Å². The maximum absolute atomic E-state index is 13.0. The Balaban J connectivity index is 1.26. The number of H-pyrrole nitrogens is 1. The maximum atomic E-state index is 13.0. The van der Waals surface area contributed by atoms with Crippen LogP contribution in [-0.4, -0.2) is 50.6 Å². The first-order chi connectivity index (χ1) is 14.1. The van der Waals surface area contributed by atoms with Crippen LogP contribution in [0.1, 0.15) is 56.8 Å². The summed E-state index contributed by atoms with van der Waals surface area (Å²) < 4.78 is 0. The summed E-state index contributed by atoms with van der Waals surface area (Å²) in [6.45, 7) is 0.889. The zero-order valence-electron chi connectivity index (χ0n) is 16.5. The third-order valence-corrected chi connectivity index (χ3v) is 6.78. The Morgan fingerprint density at radius 1 is 1.03 bits per heavy atom. The first kappa shape index (κ1) is 18.3. The zero-order valence-corrected chi connectivity index (χ0v) is 16.5. The van der Waals surface area contributed by atoms with Crippen molar-refractivity contribution in [1.29, 1.82) is 0 Å². The molecule has 0 bridgehead atoms. The molecular weight excluding hydrogens is 368 g/mol. The van der Waals surface area contributed by atoms with Gasteiger partial charge >= 0.3 is 0 Å². The summed E-state index contributed by atoms with van der Waals surface area (Å²) in [5.74, 6) is 0.369. The number of aromatic nitrogens is 2. The minimum atomic E-state index is -0.151. The Morgan fingerprint density at radius 2 is 1.76 bits per heavy atom. The van der Waals surface area contributed by atoms with Crippen LogP contribution in [0.2, 0.25) is 0 Å². The number of aromatic amines is 1. The summed E-state index contributed by atoms with van der Waals surface area (Å²) >= 11 is 0. The van der Waals surface area contributed by atoms with Crippen LogP contribution in [0.15, 0.2) is 24.3 Å². The van der Waals surface area contributed by atoms with Crippen LogP contribution in [0.25, 0.3) is 11.0 Å². The van der Waals surface area contributed by atoms with Gasteiger partial charge in [-0.3, -0.25) is 19.3 Å². The average Bonchev–Trinajstić information content (AvgIpc) is 3.44. The Hall–Kier alpha value is -2.70. The molecular formula is C22H26N4O3. The standard InChI is InChI=1S/C22H26N4O3/c27-19(11-13-26-21(28)14-6-1-2-7-15(14)22(26)29)25-12-5-10-18(25)20-23-16-8-3-4-9-17(16)24-20/h3-4,8-9,14-15,18H,1-2,5-7,10-13H2,(H,23,24)/t14-,15+,18-/m1/s1. The van der Waals surface area contributed by atoms with Crippen molar-refractivity contribution in [2.24, 2.45) is 11.8 Å². The topological polar surface area (TPSA) is 86.4 Å². The molecule has 0 spiro atoms. The number of hydrogen-bond donors (Lipinski definition) is 1. The van der Waals surface area contributed by atoms with E-state index < -0.39 is 0 Å². The lowest BCUT2D eigenvalue weighted by Gasteiger charge is -2.24. The summed E-state index contributed by atoms with van der Waals surface area (Å²) in [5, 5.41) is 0. The van der Waals surface area contributed by atoms with Gasteiger partial charge in [-0.05, 0) is 37.8 Å². The number of carbonyl (C=O) groups is 3. The molecule has 3 atom stereocenters. The highest BCUT2D eigenvalue weighted by molar-refractivity contribution is 6.05. The lowest BCUT2D eigenvalue weighted by Crippen LogP contribution is -2.37. The van der Waals surface area contributed by atoms with Crippen LogP contribution in [0.3, 0.4) is 0 Å². The van der Waals surface area contributed by atoms with Gasteiger partial charge in [-0.1, -0.05) is 25.0 Å². The molecule has 1 N–H and O–H groups in total.